The van der Waals surface area contributed by atoms with Gasteiger partial charge in [0.2, 0.25) is 0 Å². The Balaban J connectivity index is 2.20. The van der Waals surface area contributed by atoms with Gasteiger partial charge in [0.25, 0.3) is 0 Å². The molecule has 1 aromatic heterocycles. The summed E-state index contributed by atoms with van der Waals surface area (Å²) in [6.45, 7) is 0.148. The van der Waals surface area contributed by atoms with E-state index in [0.717, 1.165) is 0 Å². The van der Waals surface area contributed by atoms with Crippen LogP contribution in [0.25, 0.3) is 0 Å². The number of benzene rings is 1. The first-order valence-electron chi connectivity index (χ1n) is 5.32. The maximum atomic E-state index is 12.0. The molecule has 0 atom stereocenters. The number of carbonyl (C=O) groups excluding carboxylic acids is 1. The largest absolute Gasteiger partial charge is 0.493 e. The van der Waals surface area contributed by atoms with E-state index in [9.17, 15) is 4.79 Å². The lowest BCUT2D eigenvalue weighted by Gasteiger charge is -2.08. The Morgan fingerprint density at radius 1 is 1.28 bits per heavy atom. The predicted molar refractivity (Wildman–Crippen MR) is 63.9 cm³/mol. The third kappa shape index (κ3) is 2.48. The summed E-state index contributed by atoms with van der Waals surface area (Å²) in [6.07, 6.45) is 2.89. The van der Waals surface area contributed by atoms with Gasteiger partial charge in [0.05, 0.1) is 14.2 Å². The number of rotatable bonds is 5. The van der Waals surface area contributed by atoms with Crippen LogP contribution in [0, 0.1) is 0 Å². The number of nitrogens with zero attached hydrogens (tertiary/aromatic N) is 3. The van der Waals surface area contributed by atoms with Crippen molar-refractivity contribution in [2.45, 2.75) is 6.54 Å². The summed E-state index contributed by atoms with van der Waals surface area (Å²) < 4.78 is 11.7. The molecule has 2 aromatic rings. The molecular weight excluding hydrogens is 234 g/mol. The lowest BCUT2D eigenvalue weighted by Crippen LogP contribution is -2.11. The van der Waals surface area contributed by atoms with Crippen molar-refractivity contribution in [3.8, 4) is 11.5 Å². The van der Waals surface area contributed by atoms with Gasteiger partial charge in [0, 0.05) is 5.56 Å². The molecule has 0 unspecified atom stereocenters. The third-order valence-electron chi connectivity index (χ3n) is 2.48. The minimum atomic E-state index is -0.0681. The number of ketones is 1. The van der Waals surface area contributed by atoms with E-state index in [1.807, 2.05) is 0 Å². The fraction of sp³-hybridized carbons (Fsp3) is 0.250. The Hall–Kier alpha value is -2.37. The van der Waals surface area contributed by atoms with E-state index >= 15 is 0 Å². The molecule has 0 aliphatic heterocycles. The van der Waals surface area contributed by atoms with Crippen molar-refractivity contribution in [3.05, 3.63) is 36.4 Å². The van der Waals surface area contributed by atoms with E-state index in [1.165, 1.54) is 24.4 Å². The quantitative estimate of drug-likeness (QED) is 0.742. The summed E-state index contributed by atoms with van der Waals surface area (Å²) in [5, 5.41) is 3.89. The monoisotopic (exact) mass is 247 g/mol. The van der Waals surface area contributed by atoms with Gasteiger partial charge in [-0.25, -0.2) is 9.67 Å². The molecule has 0 aliphatic rings. The van der Waals surface area contributed by atoms with E-state index in [0.29, 0.717) is 17.1 Å². The van der Waals surface area contributed by atoms with Crippen LogP contribution in [0.1, 0.15) is 10.4 Å². The second-order valence-electron chi connectivity index (χ2n) is 3.59. The normalized spacial score (nSPS) is 10.1. The number of hydrogen-bond donors (Lipinski definition) is 0. The molecule has 0 saturated carbocycles. The molecule has 2 rings (SSSR count). The Morgan fingerprint density at radius 3 is 2.67 bits per heavy atom. The fourth-order valence-corrected chi connectivity index (χ4v) is 1.56. The van der Waals surface area contributed by atoms with E-state index in [-0.39, 0.29) is 12.3 Å². The molecule has 0 fully saturated rings. The van der Waals surface area contributed by atoms with E-state index in [1.54, 1.807) is 25.3 Å². The Morgan fingerprint density at radius 2 is 2.06 bits per heavy atom. The molecule has 0 radical (unpaired) electrons. The van der Waals surface area contributed by atoms with Crippen LogP contribution < -0.4 is 9.47 Å². The van der Waals surface area contributed by atoms with Crippen LogP contribution in [0.15, 0.2) is 30.9 Å². The van der Waals surface area contributed by atoms with Crippen LogP contribution in [-0.4, -0.2) is 34.8 Å². The average Bonchev–Trinajstić information content (AvgIpc) is 2.90. The molecule has 0 amide bonds. The summed E-state index contributed by atoms with van der Waals surface area (Å²) in [6, 6.07) is 5.05. The number of aromatic nitrogens is 3. The lowest BCUT2D eigenvalue weighted by atomic mass is 10.1. The second kappa shape index (κ2) is 5.31. The molecule has 0 aliphatic carbocycles. The highest BCUT2D eigenvalue weighted by molar-refractivity contribution is 5.96. The summed E-state index contributed by atoms with van der Waals surface area (Å²) in [4.78, 5) is 15.8. The third-order valence-corrected chi connectivity index (χ3v) is 2.48. The number of hydrogen-bond acceptors (Lipinski definition) is 5. The maximum Gasteiger partial charge on any atom is 0.184 e. The molecule has 94 valence electrons. The van der Waals surface area contributed by atoms with Gasteiger partial charge in [-0.15, -0.1) is 0 Å². The molecule has 0 saturated heterocycles. The molecule has 0 bridgehead atoms. The number of carbonyl (C=O) groups is 1. The van der Waals surface area contributed by atoms with E-state index in [2.05, 4.69) is 10.1 Å². The van der Waals surface area contributed by atoms with Crippen molar-refractivity contribution in [1.29, 1.82) is 0 Å². The Bertz CT molecular complexity index is 538. The van der Waals surface area contributed by atoms with Crippen LogP contribution in [0.5, 0.6) is 11.5 Å². The molecular formula is C12H13N3O3. The topological polar surface area (TPSA) is 66.2 Å². The fourth-order valence-electron chi connectivity index (χ4n) is 1.56. The highest BCUT2D eigenvalue weighted by Crippen LogP contribution is 2.27. The van der Waals surface area contributed by atoms with Gasteiger partial charge >= 0.3 is 0 Å². The first-order chi connectivity index (χ1) is 8.74. The summed E-state index contributed by atoms with van der Waals surface area (Å²) in [5.74, 6) is 1.05. The first kappa shape index (κ1) is 12.1. The number of Topliss-reactive ketones (excluding diaryl/α,β-unsaturated/α-hetero) is 1. The predicted octanol–water partition coefficient (Wildman–Crippen LogP) is 1.18. The zero-order valence-corrected chi connectivity index (χ0v) is 10.2. The van der Waals surface area contributed by atoms with Crippen molar-refractivity contribution in [1.82, 2.24) is 14.8 Å². The Labute approximate surface area is 104 Å². The second-order valence-corrected chi connectivity index (χ2v) is 3.59. The van der Waals surface area contributed by atoms with Gasteiger partial charge in [0.15, 0.2) is 17.3 Å². The van der Waals surface area contributed by atoms with Crippen LogP contribution in [0.4, 0.5) is 0 Å². The van der Waals surface area contributed by atoms with Crippen molar-refractivity contribution in [2.24, 2.45) is 0 Å². The highest BCUT2D eigenvalue weighted by Gasteiger charge is 2.11. The smallest absolute Gasteiger partial charge is 0.184 e. The van der Waals surface area contributed by atoms with Gasteiger partial charge < -0.3 is 9.47 Å². The van der Waals surface area contributed by atoms with Crippen molar-refractivity contribution < 1.29 is 14.3 Å². The molecule has 6 nitrogen and oxygen atoms in total. The van der Waals surface area contributed by atoms with Crippen molar-refractivity contribution in [3.63, 3.8) is 0 Å². The van der Waals surface area contributed by atoms with Gasteiger partial charge in [-0.3, -0.25) is 4.79 Å². The van der Waals surface area contributed by atoms with Crippen LogP contribution in [0.2, 0.25) is 0 Å². The zero-order chi connectivity index (χ0) is 13.0. The van der Waals surface area contributed by atoms with Crippen LogP contribution >= 0.6 is 0 Å². The molecule has 0 spiro atoms. The van der Waals surface area contributed by atoms with Crippen LogP contribution in [0.3, 0.4) is 0 Å². The van der Waals surface area contributed by atoms with Crippen molar-refractivity contribution in [2.75, 3.05) is 14.2 Å². The average molecular weight is 247 g/mol. The summed E-state index contributed by atoms with van der Waals surface area (Å²) >= 11 is 0. The van der Waals surface area contributed by atoms with E-state index < -0.39 is 0 Å². The van der Waals surface area contributed by atoms with Gasteiger partial charge in [-0.1, -0.05) is 0 Å². The molecule has 6 heteroatoms. The zero-order valence-electron chi connectivity index (χ0n) is 10.2. The summed E-state index contributed by atoms with van der Waals surface area (Å²) in [7, 11) is 3.08. The number of ether oxygens (including phenoxy) is 2. The number of methoxy groups -OCH3 is 2. The molecule has 1 aromatic carbocycles. The SMILES string of the molecule is COc1ccc(C(=O)Cn2cncn2)cc1OC. The Kier molecular flexibility index (Phi) is 3.57. The molecule has 18 heavy (non-hydrogen) atoms. The standard InChI is InChI=1S/C12H13N3O3/c1-17-11-4-3-9(5-12(11)18-2)10(16)6-15-8-13-7-14-15/h3-5,7-8H,6H2,1-2H3. The first-order valence-corrected chi connectivity index (χ1v) is 5.32. The van der Waals surface area contributed by atoms with Gasteiger partial charge in [0.1, 0.15) is 19.2 Å². The maximum absolute atomic E-state index is 12.0. The van der Waals surface area contributed by atoms with Crippen molar-refractivity contribution >= 4 is 5.78 Å². The summed E-state index contributed by atoms with van der Waals surface area (Å²) in [5.41, 5.74) is 0.545. The molecule has 1 heterocycles. The van der Waals surface area contributed by atoms with Crippen LogP contribution in [-0.2, 0) is 6.54 Å². The lowest BCUT2D eigenvalue weighted by molar-refractivity contribution is 0.0967. The molecule has 0 N–H and O–H groups in total. The van der Waals surface area contributed by atoms with E-state index in [4.69, 9.17) is 9.47 Å². The minimum Gasteiger partial charge on any atom is -0.493 e. The minimum absolute atomic E-state index is 0.0681. The highest BCUT2D eigenvalue weighted by atomic mass is 16.5. The van der Waals surface area contributed by atoms with Gasteiger partial charge in [-0.2, -0.15) is 5.10 Å². The van der Waals surface area contributed by atoms with Gasteiger partial charge in [-0.05, 0) is 18.2 Å².